The number of hydrogen-bond acceptors (Lipinski definition) is 2. The van der Waals surface area contributed by atoms with Crippen LogP contribution >= 0.6 is 0 Å². The van der Waals surface area contributed by atoms with Gasteiger partial charge in [0.15, 0.2) is 0 Å². The third-order valence-electron chi connectivity index (χ3n) is 4.37. The van der Waals surface area contributed by atoms with E-state index in [2.05, 4.69) is 33.0 Å². The first-order valence-corrected chi connectivity index (χ1v) is 7.76. The Labute approximate surface area is 130 Å². The van der Waals surface area contributed by atoms with Crippen molar-refractivity contribution in [2.24, 2.45) is 27.9 Å². The molecule has 0 unspecified atom stereocenters. The molecule has 0 atom stereocenters. The molecule has 0 bridgehead atoms. The third kappa shape index (κ3) is 6.96. The first kappa shape index (κ1) is 19.9. The predicted molar refractivity (Wildman–Crippen MR) is 87.6 cm³/mol. The number of nitrogens with one attached hydrogen (secondary N) is 1. The molecule has 0 aliphatic heterocycles. The van der Waals surface area contributed by atoms with Crippen molar-refractivity contribution in [3.63, 3.8) is 0 Å². The maximum Gasteiger partial charge on any atom is 0.225 e. The lowest BCUT2D eigenvalue weighted by Gasteiger charge is -2.36. The van der Waals surface area contributed by atoms with Crippen LogP contribution < -0.4 is 11.1 Å². The van der Waals surface area contributed by atoms with Crippen LogP contribution in [0.3, 0.4) is 0 Å². The lowest BCUT2D eigenvalue weighted by atomic mass is 9.73. The standard InChI is InChI=1S/C17H34N2O2/c1-12(2)17(7,8)14(21)19-11-16(5,6)10-15(3,4)9-13(18)20/h12H,9-11H2,1-8H3,(H2,18,20)(H,19,21). The van der Waals surface area contributed by atoms with E-state index in [1.54, 1.807) is 0 Å². The molecule has 0 aromatic rings. The van der Waals surface area contributed by atoms with Crippen molar-refractivity contribution < 1.29 is 9.59 Å². The summed E-state index contributed by atoms with van der Waals surface area (Å²) in [7, 11) is 0. The molecule has 0 fully saturated rings. The van der Waals surface area contributed by atoms with Crippen molar-refractivity contribution in [3.05, 3.63) is 0 Å². The molecule has 4 heteroatoms. The molecule has 0 aromatic heterocycles. The fourth-order valence-electron chi connectivity index (χ4n) is 2.70. The molecule has 124 valence electrons. The number of rotatable bonds is 8. The van der Waals surface area contributed by atoms with Crippen LogP contribution in [-0.4, -0.2) is 18.4 Å². The van der Waals surface area contributed by atoms with Gasteiger partial charge in [0.2, 0.25) is 11.8 Å². The first-order chi connectivity index (χ1) is 9.19. The Morgan fingerprint density at radius 1 is 1.00 bits per heavy atom. The van der Waals surface area contributed by atoms with Gasteiger partial charge in [0.05, 0.1) is 0 Å². The Balaban J connectivity index is 4.63. The Kier molecular flexibility index (Phi) is 6.46. The number of primary amides is 1. The molecular formula is C17H34N2O2. The van der Waals surface area contributed by atoms with E-state index in [9.17, 15) is 9.59 Å². The summed E-state index contributed by atoms with van der Waals surface area (Å²) < 4.78 is 0. The second-order valence-corrected chi connectivity index (χ2v) is 8.71. The number of hydrogen-bond donors (Lipinski definition) is 2. The number of nitrogens with two attached hydrogens (primary N) is 1. The van der Waals surface area contributed by atoms with Gasteiger partial charge in [-0.25, -0.2) is 0 Å². The summed E-state index contributed by atoms with van der Waals surface area (Å²) in [6, 6.07) is 0. The van der Waals surface area contributed by atoms with Gasteiger partial charge in [-0.1, -0.05) is 55.4 Å². The summed E-state index contributed by atoms with van der Waals surface area (Å²) in [6.45, 7) is 17.0. The van der Waals surface area contributed by atoms with Crippen molar-refractivity contribution >= 4 is 11.8 Å². The minimum Gasteiger partial charge on any atom is -0.370 e. The summed E-state index contributed by atoms with van der Waals surface area (Å²) in [5.74, 6) is 0.0889. The van der Waals surface area contributed by atoms with Crippen LogP contribution in [0.2, 0.25) is 0 Å². The SMILES string of the molecule is CC(C)C(C)(C)C(=O)NCC(C)(C)CC(C)(C)CC(N)=O. The fraction of sp³-hybridized carbons (Fsp3) is 0.882. The number of amides is 2. The smallest absolute Gasteiger partial charge is 0.225 e. The number of carbonyl (C=O) groups excluding carboxylic acids is 2. The maximum absolute atomic E-state index is 12.3. The summed E-state index contributed by atoms with van der Waals surface area (Å²) >= 11 is 0. The highest BCUT2D eigenvalue weighted by Crippen LogP contribution is 2.36. The van der Waals surface area contributed by atoms with Gasteiger partial charge in [-0.15, -0.1) is 0 Å². The zero-order valence-corrected chi connectivity index (χ0v) is 15.1. The highest BCUT2D eigenvalue weighted by Gasteiger charge is 2.34. The summed E-state index contributed by atoms with van der Waals surface area (Å²) in [4.78, 5) is 23.4. The fourth-order valence-corrected chi connectivity index (χ4v) is 2.70. The van der Waals surface area contributed by atoms with Gasteiger partial charge >= 0.3 is 0 Å². The Hall–Kier alpha value is -1.06. The van der Waals surface area contributed by atoms with Crippen molar-refractivity contribution in [2.75, 3.05) is 6.54 Å². The summed E-state index contributed by atoms with van der Waals surface area (Å²) in [5, 5.41) is 3.07. The highest BCUT2D eigenvalue weighted by molar-refractivity contribution is 5.82. The molecule has 21 heavy (non-hydrogen) atoms. The van der Waals surface area contributed by atoms with Crippen molar-refractivity contribution in [2.45, 2.75) is 68.2 Å². The molecule has 0 saturated heterocycles. The topological polar surface area (TPSA) is 72.2 Å². The average molecular weight is 298 g/mol. The zero-order valence-electron chi connectivity index (χ0n) is 15.1. The van der Waals surface area contributed by atoms with E-state index in [-0.39, 0.29) is 34.0 Å². The number of carbonyl (C=O) groups is 2. The van der Waals surface area contributed by atoms with Crippen LogP contribution in [0, 0.1) is 22.2 Å². The molecule has 0 heterocycles. The third-order valence-corrected chi connectivity index (χ3v) is 4.37. The van der Waals surface area contributed by atoms with Crippen LogP contribution in [0.25, 0.3) is 0 Å². The molecule has 2 amide bonds. The Morgan fingerprint density at radius 3 is 1.86 bits per heavy atom. The largest absolute Gasteiger partial charge is 0.370 e. The molecule has 0 aliphatic rings. The Morgan fingerprint density at radius 2 is 1.48 bits per heavy atom. The normalized spacial score (nSPS) is 13.4. The minimum atomic E-state index is -0.376. The second kappa shape index (κ2) is 6.80. The van der Waals surface area contributed by atoms with Gasteiger partial charge in [0, 0.05) is 18.4 Å². The molecule has 0 radical (unpaired) electrons. The molecule has 3 N–H and O–H groups in total. The quantitative estimate of drug-likeness (QED) is 0.722. The molecule has 4 nitrogen and oxygen atoms in total. The van der Waals surface area contributed by atoms with Crippen LogP contribution in [0.4, 0.5) is 0 Å². The summed E-state index contributed by atoms with van der Waals surface area (Å²) in [6.07, 6.45) is 1.19. The van der Waals surface area contributed by atoms with Gasteiger partial charge in [-0.05, 0) is 23.2 Å². The Bertz CT molecular complexity index is 382. The molecule has 0 aromatic carbocycles. The van der Waals surface area contributed by atoms with Crippen LogP contribution in [-0.2, 0) is 9.59 Å². The van der Waals surface area contributed by atoms with Crippen molar-refractivity contribution in [1.82, 2.24) is 5.32 Å². The van der Waals surface area contributed by atoms with Crippen LogP contribution in [0.15, 0.2) is 0 Å². The van der Waals surface area contributed by atoms with Gasteiger partial charge in [-0.2, -0.15) is 0 Å². The van der Waals surface area contributed by atoms with Gasteiger partial charge < -0.3 is 11.1 Å². The van der Waals surface area contributed by atoms with Gasteiger partial charge in [0.1, 0.15) is 0 Å². The zero-order chi connectivity index (χ0) is 17.1. The van der Waals surface area contributed by atoms with Crippen LogP contribution in [0.1, 0.15) is 68.2 Å². The first-order valence-electron chi connectivity index (χ1n) is 7.76. The van der Waals surface area contributed by atoms with Gasteiger partial charge in [0.25, 0.3) is 0 Å². The van der Waals surface area contributed by atoms with E-state index >= 15 is 0 Å². The lowest BCUT2D eigenvalue weighted by Crippen LogP contribution is -2.44. The predicted octanol–water partition coefficient (Wildman–Crippen LogP) is 3.10. The second-order valence-electron chi connectivity index (χ2n) is 8.71. The van der Waals surface area contributed by atoms with Crippen molar-refractivity contribution in [1.29, 1.82) is 0 Å². The van der Waals surface area contributed by atoms with E-state index in [0.29, 0.717) is 13.0 Å². The highest BCUT2D eigenvalue weighted by atomic mass is 16.2. The van der Waals surface area contributed by atoms with E-state index < -0.39 is 0 Å². The molecular weight excluding hydrogens is 264 g/mol. The van der Waals surface area contributed by atoms with E-state index in [1.807, 2.05) is 27.7 Å². The van der Waals surface area contributed by atoms with Crippen molar-refractivity contribution in [3.8, 4) is 0 Å². The minimum absolute atomic E-state index is 0.0817. The molecule has 0 saturated carbocycles. The molecule has 0 aliphatic carbocycles. The van der Waals surface area contributed by atoms with Crippen LogP contribution in [0.5, 0.6) is 0 Å². The van der Waals surface area contributed by atoms with E-state index in [0.717, 1.165) is 6.42 Å². The summed E-state index contributed by atoms with van der Waals surface area (Å²) in [5.41, 5.74) is 4.68. The average Bonchev–Trinajstić information content (AvgIpc) is 2.21. The van der Waals surface area contributed by atoms with E-state index in [1.165, 1.54) is 0 Å². The van der Waals surface area contributed by atoms with E-state index in [4.69, 9.17) is 5.73 Å². The maximum atomic E-state index is 12.3. The monoisotopic (exact) mass is 298 g/mol. The van der Waals surface area contributed by atoms with Gasteiger partial charge in [-0.3, -0.25) is 9.59 Å². The molecule has 0 spiro atoms. The molecule has 0 rings (SSSR count). The lowest BCUT2D eigenvalue weighted by molar-refractivity contribution is -0.132.